The first-order chi connectivity index (χ1) is 10.1. The van der Waals surface area contributed by atoms with E-state index in [1.165, 1.54) is 11.1 Å². The van der Waals surface area contributed by atoms with Crippen LogP contribution in [0.3, 0.4) is 0 Å². The van der Waals surface area contributed by atoms with Crippen molar-refractivity contribution in [2.45, 2.75) is 33.3 Å². The summed E-state index contributed by atoms with van der Waals surface area (Å²) in [6.45, 7) is 5.44. The molecule has 2 rings (SSSR count). The first kappa shape index (κ1) is 16.1. The van der Waals surface area contributed by atoms with Crippen molar-refractivity contribution < 1.29 is 4.74 Å². The second-order valence-corrected chi connectivity index (χ2v) is 6.12. The van der Waals surface area contributed by atoms with E-state index in [1.807, 2.05) is 0 Å². The van der Waals surface area contributed by atoms with Gasteiger partial charge in [-0.1, -0.05) is 47.1 Å². The molecule has 0 saturated carbocycles. The molecule has 0 heterocycles. The quantitative estimate of drug-likeness (QED) is 0.840. The lowest BCUT2D eigenvalue weighted by Crippen LogP contribution is -2.07. The summed E-state index contributed by atoms with van der Waals surface area (Å²) in [4.78, 5) is 0. The minimum Gasteiger partial charge on any atom is -0.488 e. The molecule has 3 heteroatoms. The van der Waals surface area contributed by atoms with Crippen molar-refractivity contribution in [1.82, 2.24) is 0 Å². The van der Waals surface area contributed by atoms with Crippen LogP contribution in [0.2, 0.25) is 0 Å². The van der Waals surface area contributed by atoms with Crippen molar-refractivity contribution in [3.05, 3.63) is 63.1 Å². The Hall–Kier alpha value is -1.32. The van der Waals surface area contributed by atoms with Crippen LogP contribution in [0.1, 0.15) is 29.2 Å². The number of rotatable bonds is 6. The van der Waals surface area contributed by atoms with Crippen molar-refractivity contribution in [3.8, 4) is 5.75 Å². The van der Waals surface area contributed by atoms with E-state index in [-0.39, 0.29) is 0 Å². The maximum Gasteiger partial charge on any atom is 0.126 e. The molecule has 2 N–H and O–H groups in total. The molecule has 0 spiro atoms. The topological polar surface area (TPSA) is 35.2 Å². The van der Waals surface area contributed by atoms with Crippen molar-refractivity contribution in [3.63, 3.8) is 0 Å². The molecular formula is C18H22BrNO. The van der Waals surface area contributed by atoms with Crippen LogP contribution < -0.4 is 10.5 Å². The number of hydrogen-bond donors (Lipinski definition) is 1. The molecule has 0 unspecified atom stereocenters. The fraction of sp³-hybridized carbons (Fsp3) is 0.333. The molecule has 0 aromatic heterocycles. The van der Waals surface area contributed by atoms with Gasteiger partial charge in [0.1, 0.15) is 12.4 Å². The van der Waals surface area contributed by atoms with Gasteiger partial charge in [0, 0.05) is 4.47 Å². The largest absolute Gasteiger partial charge is 0.488 e. The second-order valence-electron chi connectivity index (χ2n) is 5.21. The summed E-state index contributed by atoms with van der Waals surface area (Å²) < 4.78 is 7.13. The van der Waals surface area contributed by atoms with Crippen LogP contribution in [0, 0.1) is 6.92 Å². The lowest BCUT2D eigenvalue weighted by atomic mass is 10.1. The summed E-state index contributed by atoms with van der Waals surface area (Å²) in [5.41, 5.74) is 10.5. The summed E-state index contributed by atoms with van der Waals surface area (Å²) in [6, 6.07) is 12.8. The Balaban J connectivity index is 2.14. The van der Waals surface area contributed by atoms with Gasteiger partial charge in [0.25, 0.3) is 0 Å². The van der Waals surface area contributed by atoms with E-state index in [4.69, 9.17) is 10.5 Å². The summed E-state index contributed by atoms with van der Waals surface area (Å²) in [5.74, 6) is 0.961. The van der Waals surface area contributed by atoms with Crippen LogP contribution in [0.25, 0.3) is 0 Å². The standard InChI is InChI=1S/C18H22BrNO/c1-3-14-4-6-15(7-5-14)12-21-18-13(2)10-17(19)11-16(18)8-9-20/h4-7,10-11H,3,8-9,12,20H2,1-2H3. The van der Waals surface area contributed by atoms with Gasteiger partial charge in [-0.2, -0.15) is 0 Å². The van der Waals surface area contributed by atoms with Gasteiger partial charge in [-0.05, 0) is 60.7 Å². The van der Waals surface area contributed by atoms with Gasteiger partial charge in [-0.15, -0.1) is 0 Å². The molecule has 0 atom stereocenters. The van der Waals surface area contributed by atoms with E-state index < -0.39 is 0 Å². The maximum atomic E-state index is 6.06. The molecule has 0 bridgehead atoms. The van der Waals surface area contributed by atoms with Crippen LogP contribution in [-0.2, 0) is 19.4 Å². The van der Waals surface area contributed by atoms with Crippen molar-refractivity contribution in [1.29, 1.82) is 0 Å². The van der Waals surface area contributed by atoms with E-state index in [9.17, 15) is 0 Å². The number of benzene rings is 2. The highest BCUT2D eigenvalue weighted by atomic mass is 79.9. The van der Waals surface area contributed by atoms with Gasteiger partial charge in [-0.25, -0.2) is 0 Å². The molecule has 2 aromatic rings. The summed E-state index contributed by atoms with van der Waals surface area (Å²) in [7, 11) is 0. The van der Waals surface area contributed by atoms with Crippen LogP contribution in [0.15, 0.2) is 40.9 Å². The van der Waals surface area contributed by atoms with Crippen molar-refractivity contribution in [2.75, 3.05) is 6.54 Å². The van der Waals surface area contributed by atoms with E-state index in [0.29, 0.717) is 13.2 Å². The van der Waals surface area contributed by atoms with Crippen molar-refractivity contribution in [2.24, 2.45) is 5.73 Å². The van der Waals surface area contributed by atoms with Crippen molar-refractivity contribution >= 4 is 15.9 Å². The summed E-state index contributed by atoms with van der Waals surface area (Å²) in [6.07, 6.45) is 1.89. The van der Waals surface area contributed by atoms with Crippen LogP contribution in [-0.4, -0.2) is 6.54 Å². The molecule has 2 nitrogen and oxygen atoms in total. The average Bonchev–Trinajstić information content (AvgIpc) is 2.47. The minimum atomic E-state index is 0.587. The average molecular weight is 348 g/mol. The third kappa shape index (κ3) is 4.32. The normalized spacial score (nSPS) is 10.7. The van der Waals surface area contributed by atoms with Gasteiger partial charge in [0.2, 0.25) is 0 Å². The zero-order chi connectivity index (χ0) is 15.2. The number of ether oxygens (including phenoxy) is 1. The molecular weight excluding hydrogens is 326 g/mol. The molecule has 0 aliphatic heterocycles. The first-order valence-electron chi connectivity index (χ1n) is 7.33. The number of aryl methyl sites for hydroxylation is 2. The number of hydrogen-bond acceptors (Lipinski definition) is 2. The Bertz CT molecular complexity index is 593. The highest BCUT2D eigenvalue weighted by molar-refractivity contribution is 9.10. The predicted octanol–water partition coefficient (Wildman–Crippen LogP) is 4.40. The Morgan fingerprint density at radius 2 is 1.76 bits per heavy atom. The highest BCUT2D eigenvalue weighted by Crippen LogP contribution is 2.29. The molecule has 0 aliphatic carbocycles. The molecule has 0 fully saturated rings. The lowest BCUT2D eigenvalue weighted by Gasteiger charge is -2.15. The SMILES string of the molecule is CCc1ccc(COc2c(C)cc(Br)cc2CCN)cc1. The molecule has 0 amide bonds. The highest BCUT2D eigenvalue weighted by Gasteiger charge is 2.09. The van der Waals surface area contributed by atoms with Gasteiger partial charge in [0.05, 0.1) is 0 Å². The smallest absolute Gasteiger partial charge is 0.126 e. The lowest BCUT2D eigenvalue weighted by molar-refractivity contribution is 0.301. The number of nitrogens with two attached hydrogens (primary N) is 1. The monoisotopic (exact) mass is 347 g/mol. The molecule has 21 heavy (non-hydrogen) atoms. The van der Waals surface area contributed by atoms with Gasteiger partial charge < -0.3 is 10.5 Å². The molecule has 2 aromatic carbocycles. The predicted molar refractivity (Wildman–Crippen MR) is 91.8 cm³/mol. The van der Waals surface area contributed by atoms with E-state index >= 15 is 0 Å². The van der Waals surface area contributed by atoms with E-state index in [1.54, 1.807) is 0 Å². The molecule has 0 aliphatic rings. The summed E-state index contributed by atoms with van der Waals surface area (Å²) >= 11 is 3.53. The second kappa shape index (κ2) is 7.62. The minimum absolute atomic E-state index is 0.587. The zero-order valence-corrected chi connectivity index (χ0v) is 14.2. The Kier molecular flexibility index (Phi) is 5.83. The third-order valence-corrected chi connectivity index (χ3v) is 4.00. The van der Waals surface area contributed by atoms with Gasteiger partial charge in [0.15, 0.2) is 0 Å². The van der Waals surface area contributed by atoms with Crippen LogP contribution in [0.5, 0.6) is 5.75 Å². The zero-order valence-electron chi connectivity index (χ0n) is 12.7. The fourth-order valence-electron chi connectivity index (χ4n) is 2.37. The number of halogens is 1. The third-order valence-electron chi connectivity index (χ3n) is 3.54. The van der Waals surface area contributed by atoms with Gasteiger partial charge in [-0.3, -0.25) is 0 Å². The first-order valence-corrected chi connectivity index (χ1v) is 8.13. The van der Waals surface area contributed by atoms with Gasteiger partial charge >= 0.3 is 0 Å². The molecule has 0 radical (unpaired) electrons. The Morgan fingerprint density at radius 3 is 2.38 bits per heavy atom. The van der Waals surface area contributed by atoms with E-state index in [0.717, 1.165) is 34.2 Å². The molecule has 112 valence electrons. The van der Waals surface area contributed by atoms with Crippen LogP contribution in [0.4, 0.5) is 0 Å². The maximum absolute atomic E-state index is 6.06. The van der Waals surface area contributed by atoms with Crippen LogP contribution >= 0.6 is 15.9 Å². The summed E-state index contributed by atoms with van der Waals surface area (Å²) in [5, 5.41) is 0. The Morgan fingerprint density at radius 1 is 1.10 bits per heavy atom. The fourth-order valence-corrected chi connectivity index (χ4v) is 2.99. The van der Waals surface area contributed by atoms with E-state index in [2.05, 4.69) is 66.2 Å². The molecule has 0 saturated heterocycles. The Labute approximate surface area is 135 Å².